The van der Waals surface area contributed by atoms with E-state index in [1.807, 2.05) is 73.4 Å². The van der Waals surface area contributed by atoms with Gasteiger partial charge in [-0.3, -0.25) is 4.21 Å². The molecule has 1 unspecified atom stereocenters. The van der Waals surface area contributed by atoms with E-state index in [2.05, 4.69) is 26.8 Å². The largest absolute Gasteiger partial charge is 0.489 e. The monoisotopic (exact) mass is 489 g/mol. The van der Waals surface area contributed by atoms with Crippen LogP contribution in [0.1, 0.15) is 39.2 Å². The Labute approximate surface area is 208 Å². The predicted molar refractivity (Wildman–Crippen MR) is 140 cm³/mol. The minimum atomic E-state index is -1.000. The molecule has 8 heteroatoms. The van der Waals surface area contributed by atoms with E-state index in [-0.39, 0.29) is 11.4 Å². The highest BCUT2D eigenvalue weighted by atomic mass is 32.2. The van der Waals surface area contributed by atoms with Crippen molar-refractivity contribution < 1.29 is 8.95 Å². The minimum absolute atomic E-state index is 0.0941. The predicted octanol–water partition coefficient (Wildman–Crippen LogP) is 4.94. The Morgan fingerprint density at radius 3 is 2.46 bits per heavy atom. The summed E-state index contributed by atoms with van der Waals surface area (Å²) in [6.45, 7) is 7.81. The van der Waals surface area contributed by atoms with E-state index in [1.165, 1.54) is 0 Å². The van der Waals surface area contributed by atoms with Crippen molar-refractivity contribution in [1.29, 1.82) is 0 Å². The van der Waals surface area contributed by atoms with Crippen molar-refractivity contribution in [2.45, 2.75) is 56.3 Å². The highest BCUT2D eigenvalue weighted by molar-refractivity contribution is 7.85. The van der Waals surface area contributed by atoms with Gasteiger partial charge < -0.3 is 14.2 Å². The molecule has 0 bridgehead atoms. The van der Waals surface area contributed by atoms with Gasteiger partial charge in [0.15, 0.2) is 0 Å². The molecule has 0 aliphatic carbocycles. The van der Waals surface area contributed by atoms with Crippen LogP contribution in [0.2, 0.25) is 0 Å². The first-order valence-corrected chi connectivity index (χ1v) is 13.4. The van der Waals surface area contributed by atoms with Crippen LogP contribution in [-0.2, 0) is 17.2 Å². The maximum absolute atomic E-state index is 12.4. The fourth-order valence-corrected chi connectivity index (χ4v) is 5.35. The van der Waals surface area contributed by atoms with Crippen LogP contribution in [-0.4, -0.2) is 48.2 Å². The lowest BCUT2D eigenvalue weighted by molar-refractivity contribution is 0.170. The van der Waals surface area contributed by atoms with Crippen molar-refractivity contribution in [3.05, 3.63) is 66.7 Å². The van der Waals surface area contributed by atoms with Crippen LogP contribution in [0, 0.1) is 0 Å². The Morgan fingerprint density at radius 2 is 1.80 bits per heavy atom. The van der Waals surface area contributed by atoms with Gasteiger partial charge >= 0.3 is 0 Å². The summed E-state index contributed by atoms with van der Waals surface area (Å²) in [5, 5.41) is 1.15. The molecule has 0 spiro atoms. The minimum Gasteiger partial charge on any atom is -0.489 e. The molecule has 1 aliphatic heterocycles. The Bertz CT molecular complexity index is 1310. The number of fused-ring (bicyclic) bond motifs is 1. The molecule has 1 aliphatic rings. The molecule has 182 valence electrons. The molecular weight excluding hydrogens is 458 g/mol. The molecule has 7 nitrogen and oxygen atoms in total. The van der Waals surface area contributed by atoms with E-state index in [0.29, 0.717) is 0 Å². The lowest BCUT2D eigenvalue weighted by Crippen LogP contribution is -2.39. The normalized spacial score (nSPS) is 15.6. The molecule has 3 aromatic heterocycles. The summed E-state index contributed by atoms with van der Waals surface area (Å²) in [5.74, 6) is 2.41. The first kappa shape index (κ1) is 23.5. The third-order valence-electron chi connectivity index (χ3n) is 6.42. The van der Waals surface area contributed by atoms with Crippen LogP contribution >= 0.6 is 0 Å². The van der Waals surface area contributed by atoms with Crippen molar-refractivity contribution in [3.8, 4) is 11.6 Å². The lowest BCUT2D eigenvalue weighted by Gasteiger charge is -2.32. The summed E-state index contributed by atoms with van der Waals surface area (Å²) in [5.41, 5.74) is 2.19. The second-order valence-corrected chi connectivity index (χ2v) is 11.2. The zero-order chi connectivity index (χ0) is 24.4. The van der Waals surface area contributed by atoms with Crippen molar-refractivity contribution >= 4 is 27.7 Å². The zero-order valence-corrected chi connectivity index (χ0v) is 21.2. The van der Waals surface area contributed by atoms with Gasteiger partial charge in [0, 0.05) is 60.1 Å². The number of nitrogens with zero attached hydrogens (tertiary/aromatic N) is 5. The first-order valence-electron chi connectivity index (χ1n) is 12.2. The number of hydrogen-bond acceptors (Lipinski definition) is 6. The molecule has 35 heavy (non-hydrogen) atoms. The number of ether oxygens (including phenoxy) is 1. The second-order valence-electron chi connectivity index (χ2n) is 9.15. The van der Waals surface area contributed by atoms with Crippen LogP contribution in [0.25, 0.3) is 16.7 Å². The van der Waals surface area contributed by atoms with Crippen LogP contribution in [0.3, 0.4) is 0 Å². The highest BCUT2D eigenvalue weighted by Gasteiger charge is 2.22. The van der Waals surface area contributed by atoms with E-state index in [0.717, 1.165) is 71.2 Å². The summed E-state index contributed by atoms with van der Waals surface area (Å²) < 4.78 is 20.7. The van der Waals surface area contributed by atoms with Gasteiger partial charge in [-0.2, -0.15) is 0 Å². The summed E-state index contributed by atoms with van der Waals surface area (Å²) in [4.78, 5) is 16.7. The molecule has 4 aromatic rings. The Balaban J connectivity index is 1.22. The molecule has 5 rings (SSSR count). The average molecular weight is 490 g/mol. The fourth-order valence-electron chi connectivity index (χ4n) is 4.36. The number of hydrogen-bond donors (Lipinski definition) is 0. The average Bonchev–Trinajstić information content (AvgIpc) is 3.32. The standard InChI is InChI=1S/C27H31N5O2S/c1-4-20-16-29-27(30-17-20)31-12-10-22(11-13-31)34-23-5-8-26(28-18-23)32-14-9-21-15-24(6-7-25(21)32)35(33)19(2)3/h5-9,14-19,22H,4,10-13H2,1-3H3. The maximum atomic E-state index is 12.4. The summed E-state index contributed by atoms with van der Waals surface area (Å²) in [6, 6.07) is 12.0. The number of anilines is 1. The topological polar surface area (TPSA) is 73.1 Å². The highest BCUT2D eigenvalue weighted by Crippen LogP contribution is 2.25. The molecule has 1 saturated heterocycles. The van der Waals surface area contributed by atoms with Gasteiger partial charge in [-0.15, -0.1) is 0 Å². The quantitative estimate of drug-likeness (QED) is 0.366. The molecule has 1 aromatic carbocycles. The van der Waals surface area contributed by atoms with Crippen LogP contribution < -0.4 is 9.64 Å². The third-order valence-corrected chi connectivity index (χ3v) is 7.99. The smallest absolute Gasteiger partial charge is 0.225 e. The third kappa shape index (κ3) is 5.07. The van der Waals surface area contributed by atoms with Crippen LogP contribution in [0.15, 0.2) is 66.1 Å². The Hall–Kier alpha value is -3.26. The van der Waals surface area contributed by atoms with E-state index in [9.17, 15) is 4.21 Å². The van der Waals surface area contributed by atoms with E-state index in [1.54, 1.807) is 6.20 Å². The lowest BCUT2D eigenvalue weighted by atomic mass is 10.1. The van der Waals surface area contributed by atoms with Gasteiger partial charge in [0.05, 0.1) is 22.5 Å². The van der Waals surface area contributed by atoms with Crippen LogP contribution in [0.5, 0.6) is 5.75 Å². The van der Waals surface area contributed by atoms with Crippen LogP contribution in [0.4, 0.5) is 5.95 Å². The second kappa shape index (κ2) is 10.2. The molecule has 1 fully saturated rings. The molecule has 1 atom stereocenters. The van der Waals surface area contributed by atoms with Gasteiger partial charge in [0.25, 0.3) is 0 Å². The van der Waals surface area contributed by atoms with Gasteiger partial charge in [-0.05, 0) is 48.4 Å². The molecule has 4 heterocycles. The summed E-state index contributed by atoms with van der Waals surface area (Å²) in [7, 11) is -1.000. The van der Waals surface area contributed by atoms with Gasteiger partial charge in [-0.1, -0.05) is 20.8 Å². The number of aromatic nitrogens is 4. The number of rotatable bonds is 7. The number of benzene rings is 1. The van der Waals surface area contributed by atoms with Crippen molar-refractivity contribution in [3.63, 3.8) is 0 Å². The number of piperidine rings is 1. The Morgan fingerprint density at radius 1 is 1.03 bits per heavy atom. The Kier molecular flexibility index (Phi) is 6.81. The summed E-state index contributed by atoms with van der Waals surface area (Å²) >= 11 is 0. The zero-order valence-electron chi connectivity index (χ0n) is 20.4. The molecule has 0 amide bonds. The molecule has 0 N–H and O–H groups in total. The molecule has 0 radical (unpaired) electrons. The first-order chi connectivity index (χ1) is 17.0. The maximum Gasteiger partial charge on any atom is 0.225 e. The summed E-state index contributed by atoms with van der Waals surface area (Å²) in [6.07, 6.45) is 10.6. The van der Waals surface area contributed by atoms with Crippen molar-refractivity contribution in [2.75, 3.05) is 18.0 Å². The van der Waals surface area contributed by atoms with Gasteiger partial charge in [0.2, 0.25) is 5.95 Å². The van der Waals surface area contributed by atoms with Gasteiger partial charge in [-0.25, -0.2) is 15.0 Å². The molecular formula is C27H31N5O2S. The number of pyridine rings is 1. The SMILES string of the molecule is CCc1cnc(N2CCC(Oc3ccc(-n4ccc5cc(S(=O)C(C)C)ccc54)nc3)CC2)nc1. The van der Waals surface area contributed by atoms with E-state index in [4.69, 9.17) is 4.74 Å². The van der Waals surface area contributed by atoms with E-state index >= 15 is 0 Å². The van der Waals surface area contributed by atoms with Gasteiger partial charge in [0.1, 0.15) is 17.7 Å². The van der Waals surface area contributed by atoms with Crippen molar-refractivity contribution in [1.82, 2.24) is 19.5 Å². The van der Waals surface area contributed by atoms with Crippen molar-refractivity contribution in [2.24, 2.45) is 0 Å². The fraction of sp³-hybridized carbons (Fsp3) is 0.370. The van der Waals surface area contributed by atoms with E-state index < -0.39 is 10.8 Å². The molecule has 0 saturated carbocycles. The number of aryl methyl sites for hydroxylation is 1.